The van der Waals surface area contributed by atoms with Gasteiger partial charge in [-0.25, -0.2) is 8.78 Å². The van der Waals surface area contributed by atoms with E-state index in [1.165, 1.54) is 19.1 Å². The van der Waals surface area contributed by atoms with E-state index in [1.807, 2.05) is 0 Å². The smallest absolute Gasteiger partial charge is 0.264 e. The molecule has 4 heteroatoms. The van der Waals surface area contributed by atoms with Crippen LogP contribution >= 0.6 is 11.6 Å². The van der Waals surface area contributed by atoms with E-state index >= 15 is 0 Å². The number of benzene rings is 1. The van der Waals surface area contributed by atoms with Crippen molar-refractivity contribution in [1.29, 1.82) is 0 Å². The number of halogens is 3. The number of ketones is 1. The van der Waals surface area contributed by atoms with E-state index in [4.69, 9.17) is 11.6 Å². The van der Waals surface area contributed by atoms with E-state index in [-0.39, 0.29) is 23.6 Å². The molecule has 0 unspecified atom stereocenters. The average Bonchev–Trinajstić information content (AvgIpc) is 2.16. The molecule has 0 N–H and O–H groups in total. The Labute approximate surface area is 92.1 Å². The maximum Gasteiger partial charge on any atom is 0.264 e. The van der Waals surface area contributed by atoms with E-state index in [9.17, 15) is 13.6 Å². The van der Waals surface area contributed by atoms with Gasteiger partial charge in [0.25, 0.3) is 6.43 Å². The van der Waals surface area contributed by atoms with Crippen LogP contribution < -0.4 is 0 Å². The van der Waals surface area contributed by atoms with Gasteiger partial charge in [-0.1, -0.05) is 18.2 Å². The summed E-state index contributed by atoms with van der Waals surface area (Å²) in [6, 6.07) is 4.53. The van der Waals surface area contributed by atoms with Crippen LogP contribution in [0, 0.1) is 0 Å². The average molecular weight is 233 g/mol. The molecular formula is C11H11ClF2O. The summed E-state index contributed by atoms with van der Waals surface area (Å²) in [5.41, 5.74) is 0.878. The van der Waals surface area contributed by atoms with Gasteiger partial charge >= 0.3 is 0 Å². The molecule has 1 nitrogen and oxygen atoms in total. The first-order chi connectivity index (χ1) is 7.06. The molecule has 0 heterocycles. The quantitative estimate of drug-likeness (QED) is 0.727. The van der Waals surface area contributed by atoms with Gasteiger partial charge in [-0.2, -0.15) is 0 Å². The monoisotopic (exact) mass is 232 g/mol. The molecule has 0 aliphatic rings. The van der Waals surface area contributed by atoms with Crippen molar-refractivity contribution in [2.45, 2.75) is 25.7 Å². The summed E-state index contributed by atoms with van der Waals surface area (Å²) in [6.07, 6.45) is -2.55. The van der Waals surface area contributed by atoms with Gasteiger partial charge in [-0.15, -0.1) is 11.6 Å². The minimum Gasteiger partial charge on any atom is -0.300 e. The molecule has 0 spiro atoms. The molecule has 0 aliphatic heterocycles. The third kappa shape index (κ3) is 2.99. The van der Waals surface area contributed by atoms with Gasteiger partial charge in [-0.3, -0.25) is 4.79 Å². The van der Waals surface area contributed by atoms with Crippen molar-refractivity contribution in [2.24, 2.45) is 0 Å². The van der Waals surface area contributed by atoms with E-state index in [0.29, 0.717) is 11.1 Å². The van der Waals surface area contributed by atoms with Gasteiger partial charge in [0.1, 0.15) is 5.78 Å². The van der Waals surface area contributed by atoms with Crippen molar-refractivity contribution >= 4 is 17.4 Å². The molecule has 1 aromatic carbocycles. The van der Waals surface area contributed by atoms with Crippen LogP contribution in [0.25, 0.3) is 0 Å². The third-order valence-electron chi connectivity index (χ3n) is 2.11. The molecule has 1 rings (SSSR count). The Balaban J connectivity index is 3.20. The predicted molar refractivity (Wildman–Crippen MR) is 55.3 cm³/mol. The van der Waals surface area contributed by atoms with E-state index < -0.39 is 6.43 Å². The summed E-state index contributed by atoms with van der Waals surface area (Å²) in [4.78, 5) is 11.0. The maximum absolute atomic E-state index is 12.6. The summed E-state index contributed by atoms with van der Waals surface area (Å²) in [5, 5.41) is 0. The first kappa shape index (κ1) is 12.1. The molecule has 0 saturated carbocycles. The van der Waals surface area contributed by atoms with E-state index in [0.717, 1.165) is 0 Å². The molecule has 82 valence electrons. The first-order valence-corrected chi connectivity index (χ1v) is 5.04. The summed E-state index contributed by atoms with van der Waals surface area (Å²) in [5.74, 6) is -0.00198. The van der Waals surface area contributed by atoms with Crippen LogP contribution in [0.4, 0.5) is 8.78 Å². The molecule has 0 bridgehead atoms. The number of Topliss-reactive ketones (excluding diaryl/α,β-unsaturated/α-hetero) is 1. The molecule has 0 atom stereocenters. The normalized spacial score (nSPS) is 10.7. The van der Waals surface area contributed by atoms with Crippen LogP contribution in [-0.4, -0.2) is 5.78 Å². The van der Waals surface area contributed by atoms with Gasteiger partial charge in [0.15, 0.2) is 0 Å². The highest BCUT2D eigenvalue weighted by molar-refractivity contribution is 6.17. The highest BCUT2D eigenvalue weighted by Gasteiger charge is 2.16. The second kappa shape index (κ2) is 5.21. The Kier molecular flexibility index (Phi) is 4.21. The Morgan fingerprint density at radius 3 is 2.60 bits per heavy atom. The van der Waals surface area contributed by atoms with Crippen LogP contribution in [-0.2, 0) is 17.1 Å². The summed E-state index contributed by atoms with van der Waals surface area (Å²) in [7, 11) is 0. The largest absolute Gasteiger partial charge is 0.300 e. The summed E-state index contributed by atoms with van der Waals surface area (Å²) < 4.78 is 25.3. The number of rotatable bonds is 4. The Bertz CT molecular complexity index is 364. The molecule has 0 radical (unpaired) electrons. The van der Waals surface area contributed by atoms with Gasteiger partial charge in [-0.05, 0) is 18.1 Å². The second-order valence-electron chi connectivity index (χ2n) is 3.30. The molecule has 0 aromatic heterocycles. The lowest BCUT2D eigenvalue weighted by atomic mass is 9.98. The first-order valence-electron chi connectivity index (χ1n) is 4.50. The van der Waals surface area contributed by atoms with Crippen LogP contribution in [0.1, 0.15) is 30.0 Å². The number of hydrogen-bond donors (Lipinski definition) is 0. The Morgan fingerprint density at radius 1 is 1.47 bits per heavy atom. The fourth-order valence-corrected chi connectivity index (χ4v) is 1.70. The predicted octanol–water partition coefficient (Wildman–Crippen LogP) is 3.49. The zero-order chi connectivity index (χ0) is 11.4. The maximum atomic E-state index is 12.6. The molecule has 0 fully saturated rings. The molecule has 0 saturated heterocycles. The standard InChI is InChI=1S/C11H11ClF2O/c1-7(15)5-10-8(6-12)3-2-4-9(10)11(13)14/h2-4,11H,5-6H2,1H3. The minimum absolute atomic E-state index is 0.0164. The SMILES string of the molecule is CC(=O)Cc1c(CCl)cccc1C(F)F. The zero-order valence-electron chi connectivity index (χ0n) is 8.27. The Hall–Kier alpha value is -0.960. The number of carbonyl (C=O) groups is 1. The van der Waals surface area contributed by atoms with Crippen LogP contribution in [0.5, 0.6) is 0 Å². The third-order valence-corrected chi connectivity index (χ3v) is 2.40. The fraction of sp³-hybridized carbons (Fsp3) is 0.364. The van der Waals surface area contributed by atoms with Crippen LogP contribution in [0.3, 0.4) is 0 Å². The van der Waals surface area contributed by atoms with Gasteiger partial charge in [0.05, 0.1) is 0 Å². The second-order valence-corrected chi connectivity index (χ2v) is 3.57. The topological polar surface area (TPSA) is 17.1 Å². The van der Waals surface area contributed by atoms with E-state index in [1.54, 1.807) is 6.07 Å². The lowest BCUT2D eigenvalue weighted by Crippen LogP contribution is -2.05. The van der Waals surface area contributed by atoms with Gasteiger partial charge in [0.2, 0.25) is 0 Å². The van der Waals surface area contributed by atoms with Crippen LogP contribution in [0.2, 0.25) is 0 Å². The fourth-order valence-electron chi connectivity index (χ4n) is 1.45. The highest BCUT2D eigenvalue weighted by atomic mass is 35.5. The van der Waals surface area contributed by atoms with E-state index in [2.05, 4.69) is 0 Å². The van der Waals surface area contributed by atoms with Crippen molar-refractivity contribution in [3.05, 3.63) is 34.9 Å². The number of alkyl halides is 3. The Morgan fingerprint density at radius 2 is 2.13 bits per heavy atom. The zero-order valence-corrected chi connectivity index (χ0v) is 9.02. The summed E-state index contributed by atoms with van der Waals surface area (Å²) in [6.45, 7) is 1.38. The van der Waals surface area contributed by atoms with Crippen molar-refractivity contribution in [3.63, 3.8) is 0 Å². The summed E-state index contributed by atoms with van der Waals surface area (Å²) >= 11 is 5.64. The molecule has 15 heavy (non-hydrogen) atoms. The lowest BCUT2D eigenvalue weighted by Gasteiger charge is -2.11. The number of carbonyl (C=O) groups excluding carboxylic acids is 1. The van der Waals surface area contributed by atoms with Crippen molar-refractivity contribution in [2.75, 3.05) is 0 Å². The molecule has 0 amide bonds. The highest BCUT2D eigenvalue weighted by Crippen LogP contribution is 2.26. The van der Waals surface area contributed by atoms with Crippen molar-refractivity contribution in [1.82, 2.24) is 0 Å². The number of hydrogen-bond acceptors (Lipinski definition) is 1. The van der Waals surface area contributed by atoms with Crippen molar-refractivity contribution in [3.8, 4) is 0 Å². The van der Waals surface area contributed by atoms with Gasteiger partial charge in [0, 0.05) is 17.9 Å². The van der Waals surface area contributed by atoms with Gasteiger partial charge < -0.3 is 0 Å². The minimum atomic E-state index is -2.57. The molecular weight excluding hydrogens is 222 g/mol. The molecule has 0 aliphatic carbocycles. The lowest BCUT2D eigenvalue weighted by molar-refractivity contribution is -0.116. The molecule has 1 aromatic rings. The van der Waals surface area contributed by atoms with Crippen molar-refractivity contribution < 1.29 is 13.6 Å². The van der Waals surface area contributed by atoms with Crippen LogP contribution in [0.15, 0.2) is 18.2 Å².